The van der Waals surface area contributed by atoms with E-state index in [2.05, 4.69) is 30.3 Å². The zero-order chi connectivity index (χ0) is 39.1. The molecule has 2 aromatic carbocycles. The highest BCUT2D eigenvalue weighted by atomic mass is 32.2. The Balaban J connectivity index is 1.46. The van der Waals surface area contributed by atoms with Crippen LogP contribution in [0.4, 0.5) is 4.79 Å². The van der Waals surface area contributed by atoms with Gasteiger partial charge in [0.25, 0.3) is 10.0 Å². The van der Waals surface area contributed by atoms with E-state index in [-0.39, 0.29) is 43.3 Å². The summed E-state index contributed by atoms with van der Waals surface area (Å²) >= 11 is 0. The number of ether oxygens (including phenoxy) is 3. The van der Waals surface area contributed by atoms with Crippen molar-refractivity contribution in [1.29, 1.82) is 0 Å². The summed E-state index contributed by atoms with van der Waals surface area (Å²) in [6.07, 6.45) is 2.98. The van der Waals surface area contributed by atoms with Gasteiger partial charge in [-0.15, -0.1) is 0 Å². The van der Waals surface area contributed by atoms with Crippen molar-refractivity contribution in [1.82, 2.24) is 25.3 Å². The number of H-pyrrole nitrogens is 1. The number of aromatic nitrogens is 2. The van der Waals surface area contributed by atoms with Crippen LogP contribution >= 0.6 is 0 Å². The molecule has 288 valence electrons. The van der Waals surface area contributed by atoms with Crippen LogP contribution in [0.25, 0.3) is 0 Å². The number of rotatable bonds is 14. The van der Waals surface area contributed by atoms with Gasteiger partial charge in [0.2, 0.25) is 11.9 Å². The van der Waals surface area contributed by atoms with Crippen LogP contribution in [-0.2, 0) is 48.5 Å². The number of carbonyl (C=O) groups is 3. The van der Waals surface area contributed by atoms with Crippen LogP contribution in [0.5, 0.6) is 5.75 Å². The molecule has 53 heavy (non-hydrogen) atoms. The van der Waals surface area contributed by atoms with Gasteiger partial charge in [0.05, 0.1) is 11.2 Å². The quantitative estimate of drug-likeness (QED) is 0.0695. The number of esters is 1. The van der Waals surface area contributed by atoms with Crippen molar-refractivity contribution in [3.8, 4) is 5.75 Å². The second-order valence-electron chi connectivity index (χ2n) is 14.7. The zero-order valence-corrected chi connectivity index (χ0v) is 32.4. The Morgan fingerprint density at radius 3 is 2.40 bits per heavy atom. The molecular formula is C37H51N7O8S. The van der Waals surface area contributed by atoms with Gasteiger partial charge in [-0.25, -0.2) is 27.7 Å². The van der Waals surface area contributed by atoms with Crippen LogP contribution in [0, 0.1) is 20.8 Å². The highest BCUT2D eigenvalue weighted by molar-refractivity contribution is 7.90. The lowest BCUT2D eigenvalue weighted by molar-refractivity contribution is -0.158. The van der Waals surface area contributed by atoms with Crippen molar-refractivity contribution in [2.24, 2.45) is 10.7 Å². The van der Waals surface area contributed by atoms with Crippen LogP contribution in [0.2, 0.25) is 0 Å². The maximum atomic E-state index is 13.7. The van der Waals surface area contributed by atoms with Crippen molar-refractivity contribution in [3.05, 3.63) is 76.4 Å². The van der Waals surface area contributed by atoms with Crippen LogP contribution in [-0.4, -0.2) is 72.1 Å². The Kier molecular flexibility index (Phi) is 12.8. The summed E-state index contributed by atoms with van der Waals surface area (Å²) in [6, 6.07) is 6.75. The molecule has 0 unspecified atom stereocenters. The van der Waals surface area contributed by atoms with E-state index in [0.29, 0.717) is 29.0 Å². The number of sulfonamides is 1. The summed E-state index contributed by atoms with van der Waals surface area (Å²) < 4.78 is 46.6. The van der Waals surface area contributed by atoms with E-state index in [1.54, 1.807) is 58.9 Å². The summed E-state index contributed by atoms with van der Waals surface area (Å²) in [6.45, 7) is 14.3. The molecular weight excluding hydrogens is 703 g/mol. The van der Waals surface area contributed by atoms with Gasteiger partial charge in [-0.2, -0.15) is 0 Å². The van der Waals surface area contributed by atoms with Gasteiger partial charge < -0.3 is 35.6 Å². The maximum Gasteiger partial charge on any atom is 0.408 e. The van der Waals surface area contributed by atoms with Gasteiger partial charge >= 0.3 is 12.1 Å². The number of nitrogens with two attached hydrogens (primary N) is 1. The number of aliphatic imine (C=N–C) groups is 1. The number of aromatic amines is 1. The van der Waals surface area contributed by atoms with Gasteiger partial charge in [0.15, 0.2) is 0 Å². The standard InChI is InChI=1S/C37H51N7O8S/c1-22-23(2)31(24(3)27-18-37(7,8)51-30(22)27)53(48,49)44-34(38)40-16-12-15-28(43-35(47)50-20-25-13-10-9-11-14-25)32(45)42-29(17-26-19-39-21-41-26)33(46)52-36(4,5)6/h9-11,13-14,19,21,28-29H,12,15-18,20H2,1-8H3,(H,39,41)(H,42,45)(H,43,47)(H3,38,40,44)/t28-,29-/m0/s1. The third kappa shape index (κ3) is 11.2. The highest BCUT2D eigenvalue weighted by Gasteiger charge is 2.37. The molecule has 0 radical (unpaired) electrons. The van der Waals surface area contributed by atoms with Gasteiger partial charge in [0.1, 0.15) is 35.6 Å². The third-order valence-electron chi connectivity index (χ3n) is 8.54. The van der Waals surface area contributed by atoms with Gasteiger partial charge in [-0.05, 0) is 90.5 Å². The average molecular weight is 754 g/mol. The Morgan fingerprint density at radius 1 is 1.06 bits per heavy atom. The van der Waals surface area contributed by atoms with E-state index in [1.807, 2.05) is 26.8 Å². The summed E-state index contributed by atoms with van der Waals surface area (Å²) in [5, 5.41) is 5.28. The number of nitrogens with zero attached hydrogens (tertiary/aromatic N) is 2. The van der Waals surface area contributed by atoms with Crippen molar-refractivity contribution < 1.29 is 37.0 Å². The minimum atomic E-state index is -4.12. The lowest BCUT2D eigenvalue weighted by atomic mass is 9.94. The molecule has 4 rings (SSSR count). The van der Waals surface area contributed by atoms with Gasteiger partial charge in [-0.1, -0.05) is 30.3 Å². The molecule has 0 saturated carbocycles. The predicted octanol–water partition coefficient (Wildman–Crippen LogP) is 3.79. The molecule has 2 atom stereocenters. The van der Waals surface area contributed by atoms with Crippen molar-refractivity contribution in [2.45, 2.75) is 116 Å². The summed E-state index contributed by atoms with van der Waals surface area (Å²) in [7, 11) is -4.12. The second-order valence-corrected chi connectivity index (χ2v) is 16.3. The third-order valence-corrected chi connectivity index (χ3v) is 10.2. The van der Waals surface area contributed by atoms with E-state index < -0.39 is 51.3 Å². The lowest BCUT2D eigenvalue weighted by Crippen LogP contribution is -2.53. The molecule has 2 heterocycles. The number of fused-ring (bicyclic) bond motifs is 1. The van der Waals surface area contributed by atoms with Crippen LogP contribution < -0.4 is 25.8 Å². The number of hydrogen-bond donors (Lipinski definition) is 5. The Morgan fingerprint density at radius 2 is 1.75 bits per heavy atom. The number of hydrogen-bond acceptors (Lipinski definition) is 10. The molecule has 0 bridgehead atoms. The van der Waals surface area contributed by atoms with Gasteiger partial charge in [0, 0.05) is 36.8 Å². The number of imidazole rings is 1. The van der Waals surface area contributed by atoms with Crippen LogP contribution in [0.15, 0.2) is 52.7 Å². The highest BCUT2D eigenvalue weighted by Crippen LogP contribution is 2.43. The summed E-state index contributed by atoms with van der Waals surface area (Å²) in [5.41, 5.74) is 8.83. The van der Waals surface area contributed by atoms with E-state index in [0.717, 1.165) is 16.7 Å². The van der Waals surface area contributed by atoms with Crippen LogP contribution in [0.3, 0.4) is 0 Å². The number of carbonyl (C=O) groups excluding carboxylic acids is 3. The fourth-order valence-corrected chi connectivity index (χ4v) is 7.52. The first-order valence-corrected chi connectivity index (χ1v) is 18.9. The number of amides is 2. The molecule has 0 spiro atoms. The fraction of sp³-hybridized carbons (Fsp3) is 0.486. The van der Waals surface area contributed by atoms with Gasteiger partial charge in [-0.3, -0.25) is 9.79 Å². The van der Waals surface area contributed by atoms with Crippen molar-refractivity contribution >= 4 is 34.0 Å². The van der Waals surface area contributed by atoms with E-state index in [4.69, 9.17) is 19.9 Å². The monoisotopic (exact) mass is 753 g/mol. The summed E-state index contributed by atoms with van der Waals surface area (Å²) in [5.74, 6) is -0.963. The molecule has 6 N–H and O–H groups in total. The number of alkyl carbamates (subject to hydrolysis) is 1. The Bertz CT molecular complexity index is 1920. The Hall–Kier alpha value is -5.12. The predicted molar refractivity (Wildman–Crippen MR) is 199 cm³/mol. The summed E-state index contributed by atoms with van der Waals surface area (Å²) in [4.78, 5) is 50.9. The minimum absolute atomic E-state index is 0.00568. The molecule has 2 amide bonds. The first kappa shape index (κ1) is 40.6. The zero-order valence-electron chi connectivity index (χ0n) is 31.6. The smallest absolute Gasteiger partial charge is 0.408 e. The fourth-order valence-electron chi connectivity index (χ4n) is 5.99. The molecule has 0 fully saturated rings. The number of benzene rings is 2. The second kappa shape index (κ2) is 16.7. The van der Waals surface area contributed by atoms with Crippen molar-refractivity contribution in [3.63, 3.8) is 0 Å². The molecule has 1 aliphatic rings. The Labute approximate surface area is 310 Å². The van der Waals surface area contributed by atoms with E-state index in [1.165, 1.54) is 12.5 Å². The molecule has 1 aromatic heterocycles. The van der Waals surface area contributed by atoms with Crippen molar-refractivity contribution in [2.75, 3.05) is 6.54 Å². The topological polar surface area (TPSA) is 216 Å². The maximum absolute atomic E-state index is 13.7. The van der Waals surface area contributed by atoms with E-state index >= 15 is 0 Å². The minimum Gasteiger partial charge on any atom is -0.487 e. The molecule has 1 aliphatic heterocycles. The molecule has 16 heteroatoms. The lowest BCUT2D eigenvalue weighted by Gasteiger charge is -2.26. The first-order valence-electron chi connectivity index (χ1n) is 17.4. The largest absolute Gasteiger partial charge is 0.487 e. The first-order chi connectivity index (χ1) is 24.8. The van der Waals surface area contributed by atoms with E-state index in [9.17, 15) is 22.8 Å². The number of nitrogens with one attached hydrogen (secondary N) is 4. The number of guanidine groups is 1. The molecule has 3 aromatic rings. The SMILES string of the molecule is Cc1c(C)c(S(=O)(=O)NC(N)=NCCC[C@H](NC(=O)OCc2ccccc2)C(=O)N[C@@H](Cc2cnc[nH]2)C(=O)OC(C)(C)C)c(C)c2c1OC(C)(C)C2. The van der Waals surface area contributed by atoms with Crippen LogP contribution in [0.1, 0.15) is 81.0 Å². The normalized spacial score (nSPS) is 15.1. The molecule has 0 aliphatic carbocycles. The molecule has 15 nitrogen and oxygen atoms in total. The molecule has 0 saturated heterocycles. The average Bonchev–Trinajstić information content (AvgIpc) is 3.70.